The number of amides is 1. The van der Waals surface area contributed by atoms with Crippen LogP contribution in [0.15, 0.2) is 24.3 Å². The molecule has 1 aromatic carbocycles. The predicted octanol–water partition coefficient (Wildman–Crippen LogP) is 4.90. The number of hydrogen-bond acceptors (Lipinski definition) is 3. The van der Waals surface area contributed by atoms with Crippen molar-refractivity contribution < 1.29 is 9.53 Å². The molecule has 1 amide bonds. The molecule has 0 spiro atoms. The Kier molecular flexibility index (Phi) is 6.92. The Morgan fingerprint density at radius 3 is 2.48 bits per heavy atom. The SMILES string of the molecule is CC(C)CC(C)Nc1cccc(CN(C)C(=O)OC(C)(C)C)c1. The van der Waals surface area contributed by atoms with Crippen molar-refractivity contribution in [1.29, 1.82) is 0 Å². The number of hydrogen-bond donors (Lipinski definition) is 1. The molecule has 0 aromatic heterocycles. The highest BCUT2D eigenvalue weighted by Gasteiger charge is 2.19. The van der Waals surface area contributed by atoms with Gasteiger partial charge in [-0.1, -0.05) is 26.0 Å². The molecular formula is C19H32N2O2. The maximum absolute atomic E-state index is 12.0. The van der Waals surface area contributed by atoms with Gasteiger partial charge in [0.15, 0.2) is 0 Å². The minimum absolute atomic E-state index is 0.302. The topological polar surface area (TPSA) is 41.6 Å². The van der Waals surface area contributed by atoms with E-state index in [4.69, 9.17) is 4.74 Å². The number of ether oxygens (including phenoxy) is 1. The number of benzene rings is 1. The van der Waals surface area contributed by atoms with Gasteiger partial charge < -0.3 is 15.0 Å². The molecule has 0 fully saturated rings. The average molecular weight is 320 g/mol. The highest BCUT2D eigenvalue weighted by atomic mass is 16.6. The summed E-state index contributed by atoms with van der Waals surface area (Å²) >= 11 is 0. The molecular weight excluding hydrogens is 288 g/mol. The lowest BCUT2D eigenvalue weighted by Gasteiger charge is -2.25. The summed E-state index contributed by atoms with van der Waals surface area (Å²) in [7, 11) is 1.76. The Hall–Kier alpha value is -1.71. The first-order valence-electron chi connectivity index (χ1n) is 8.36. The van der Waals surface area contributed by atoms with Crippen molar-refractivity contribution in [3.63, 3.8) is 0 Å². The average Bonchev–Trinajstić information content (AvgIpc) is 2.35. The zero-order chi connectivity index (χ0) is 17.6. The molecule has 1 rings (SSSR count). The fourth-order valence-corrected chi connectivity index (χ4v) is 2.49. The third-order valence-corrected chi connectivity index (χ3v) is 3.29. The number of anilines is 1. The number of carbonyl (C=O) groups excluding carboxylic acids is 1. The summed E-state index contributed by atoms with van der Waals surface area (Å²) in [5.74, 6) is 0.666. The van der Waals surface area contributed by atoms with Crippen LogP contribution < -0.4 is 5.32 Å². The van der Waals surface area contributed by atoms with E-state index in [1.165, 1.54) is 0 Å². The molecule has 1 atom stereocenters. The highest BCUT2D eigenvalue weighted by Crippen LogP contribution is 2.17. The molecule has 0 saturated heterocycles. The molecule has 130 valence electrons. The van der Waals surface area contributed by atoms with Crippen LogP contribution in [-0.2, 0) is 11.3 Å². The van der Waals surface area contributed by atoms with Crippen LogP contribution >= 0.6 is 0 Å². The predicted molar refractivity (Wildman–Crippen MR) is 96.7 cm³/mol. The monoisotopic (exact) mass is 320 g/mol. The summed E-state index contributed by atoms with van der Waals surface area (Å²) in [5.41, 5.74) is 1.70. The third-order valence-electron chi connectivity index (χ3n) is 3.29. The van der Waals surface area contributed by atoms with Gasteiger partial charge in [-0.05, 0) is 57.7 Å². The van der Waals surface area contributed by atoms with Crippen molar-refractivity contribution in [2.24, 2.45) is 5.92 Å². The van der Waals surface area contributed by atoms with Crippen molar-refractivity contribution in [2.45, 2.75) is 66.2 Å². The zero-order valence-corrected chi connectivity index (χ0v) is 15.6. The maximum atomic E-state index is 12.0. The van der Waals surface area contributed by atoms with Gasteiger partial charge in [-0.3, -0.25) is 0 Å². The summed E-state index contributed by atoms with van der Waals surface area (Å²) in [6, 6.07) is 8.63. The Balaban J connectivity index is 2.64. The number of nitrogens with zero attached hydrogens (tertiary/aromatic N) is 1. The molecule has 0 aliphatic rings. The third kappa shape index (κ3) is 7.91. The van der Waals surface area contributed by atoms with Gasteiger partial charge in [0.1, 0.15) is 5.60 Å². The van der Waals surface area contributed by atoms with E-state index in [2.05, 4.69) is 38.2 Å². The fraction of sp³-hybridized carbons (Fsp3) is 0.632. The molecule has 1 unspecified atom stereocenters. The smallest absolute Gasteiger partial charge is 0.410 e. The van der Waals surface area contributed by atoms with E-state index in [1.807, 2.05) is 32.9 Å². The lowest BCUT2D eigenvalue weighted by atomic mass is 10.0. The molecule has 0 radical (unpaired) electrons. The Bertz CT molecular complexity index is 506. The molecule has 0 heterocycles. The van der Waals surface area contributed by atoms with E-state index in [1.54, 1.807) is 11.9 Å². The molecule has 1 aromatic rings. The van der Waals surface area contributed by atoms with E-state index in [0.717, 1.165) is 17.7 Å². The van der Waals surface area contributed by atoms with Gasteiger partial charge in [0.2, 0.25) is 0 Å². The second-order valence-corrected chi connectivity index (χ2v) is 7.71. The van der Waals surface area contributed by atoms with Gasteiger partial charge in [-0.2, -0.15) is 0 Å². The Labute approximate surface area is 141 Å². The lowest BCUT2D eigenvalue weighted by Crippen LogP contribution is -2.33. The van der Waals surface area contributed by atoms with E-state index in [-0.39, 0.29) is 6.09 Å². The first kappa shape index (κ1) is 19.3. The van der Waals surface area contributed by atoms with Gasteiger partial charge in [0.25, 0.3) is 0 Å². The summed E-state index contributed by atoms with van der Waals surface area (Å²) in [4.78, 5) is 13.6. The van der Waals surface area contributed by atoms with Crippen molar-refractivity contribution in [3.8, 4) is 0 Å². The Morgan fingerprint density at radius 1 is 1.26 bits per heavy atom. The molecule has 0 aliphatic carbocycles. The van der Waals surface area contributed by atoms with Gasteiger partial charge in [0, 0.05) is 25.3 Å². The molecule has 1 N–H and O–H groups in total. The van der Waals surface area contributed by atoms with Crippen LogP contribution in [0.3, 0.4) is 0 Å². The van der Waals surface area contributed by atoms with E-state index < -0.39 is 5.60 Å². The van der Waals surface area contributed by atoms with Crippen LogP contribution in [0.1, 0.15) is 53.5 Å². The minimum Gasteiger partial charge on any atom is -0.444 e. The van der Waals surface area contributed by atoms with Gasteiger partial charge >= 0.3 is 6.09 Å². The van der Waals surface area contributed by atoms with Crippen molar-refractivity contribution in [3.05, 3.63) is 29.8 Å². The van der Waals surface area contributed by atoms with Crippen LogP contribution in [0, 0.1) is 5.92 Å². The van der Waals surface area contributed by atoms with Crippen molar-refractivity contribution in [1.82, 2.24) is 4.90 Å². The number of carbonyl (C=O) groups is 1. The molecule has 23 heavy (non-hydrogen) atoms. The van der Waals surface area contributed by atoms with Crippen LogP contribution in [0.5, 0.6) is 0 Å². The van der Waals surface area contributed by atoms with Crippen LogP contribution in [-0.4, -0.2) is 29.7 Å². The zero-order valence-electron chi connectivity index (χ0n) is 15.6. The largest absolute Gasteiger partial charge is 0.444 e. The minimum atomic E-state index is -0.471. The van der Waals surface area contributed by atoms with Crippen molar-refractivity contribution in [2.75, 3.05) is 12.4 Å². The van der Waals surface area contributed by atoms with Gasteiger partial charge in [-0.15, -0.1) is 0 Å². The van der Waals surface area contributed by atoms with E-state index >= 15 is 0 Å². The van der Waals surface area contributed by atoms with Gasteiger partial charge in [0.05, 0.1) is 0 Å². The first-order valence-corrected chi connectivity index (χ1v) is 8.36. The lowest BCUT2D eigenvalue weighted by molar-refractivity contribution is 0.0285. The maximum Gasteiger partial charge on any atom is 0.410 e. The van der Waals surface area contributed by atoms with Crippen LogP contribution in [0.25, 0.3) is 0 Å². The quantitative estimate of drug-likeness (QED) is 0.810. The fourth-order valence-electron chi connectivity index (χ4n) is 2.49. The molecule has 0 bridgehead atoms. The van der Waals surface area contributed by atoms with Gasteiger partial charge in [-0.25, -0.2) is 4.79 Å². The molecule has 4 heteroatoms. The second-order valence-electron chi connectivity index (χ2n) is 7.71. The number of nitrogens with one attached hydrogen (secondary N) is 1. The summed E-state index contributed by atoms with van der Waals surface area (Å²) in [5, 5.41) is 3.52. The van der Waals surface area contributed by atoms with E-state index in [0.29, 0.717) is 18.5 Å². The first-order chi connectivity index (χ1) is 10.6. The Morgan fingerprint density at radius 2 is 1.91 bits per heavy atom. The van der Waals surface area contributed by atoms with Crippen LogP contribution in [0.2, 0.25) is 0 Å². The standard InChI is InChI=1S/C19H32N2O2/c1-14(2)11-15(3)20-17-10-8-9-16(12-17)13-21(7)18(22)23-19(4,5)6/h8-10,12,14-15,20H,11,13H2,1-7H3. The second kappa shape index (κ2) is 8.23. The normalized spacial score (nSPS) is 12.9. The highest BCUT2D eigenvalue weighted by molar-refractivity contribution is 5.67. The molecule has 0 saturated carbocycles. The number of rotatable bonds is 6. The molecule has 4 nitrogen and oxygen atoms in total. The summed E-state index contributed by atoms with van der Waals surface area (Å²) in [6.07, 6.45) is 0.825. The van der Waals surface area contributed by atoms with Crippen molar-refractivity contribution >= 4 is 11.8 Å². The molecule has 0 aliphatic heterocycles. The summed E-state index contributed by atoms with van der Waals surface area (Å²) in [6.45, 7) is 12.8. The summed E-state index contributed by atoms with van der Waals surface area (Å²) < 4.78 is 5.38. The van der Waals surface area contributed by atoms with E-state index in [9.17, 15) is 4.79 Å². The van der Waals surface area contributed by atoms with Crippen LogP contribution in [0.4, 0.5) is 10.5 Å².